The first-order valence-corrected chi connectivity index (χ1v) is 29.6. The van der Waals surface area contributed by atoms with E-state index in [0.29, 0.717) is 0 Å². The van der Waals surface area contributed by atoms with Gasteiger partial charge in [0.05, 0.1) is 11.4 Å². The van der Waals surface area contributed by atoms with Crippen molar-refractivity contribution < 1.29 is 8.83 Å². The van der Waals surface area contributed by atoms with E-state index in [0.717, 1.165) is 100 Å². The van der Waals surface area contributed by atoms with Crippen molar-refractivity contribution in [1.29, 1.82) is 0 Å². The van der Waals surface area contributed by atoms with Crippen LogP contribution in [-0.4, -0.2) is 0 Å². The minimum absolute atomic E-state index is 0.186. The number of hydrogen-bond donors (Lipinski definition) is 0. The van der Waals surface area contributed by atoms with E-state index < -0.39 is 0 Å². The van der Waals surface area contributed by atoms with E-state index >= 15 is 0 Å². The molecule has 15 aromatic rings. The Kier molecular flexibility index (Phi) is 10.6. The largest absolute Gasteiger partial charge is 0.454 e. The SMILES string of the molecule is Cc1cc(-c2ccc3cc4c(cc3c2)C(C)(C)c2cc(N(c3ccccc3)c3cccc5c3oc3c(-c6ccccc6)cccc35)ccc2-4)cc2c1oc1c(N(c3ccccc3)c3ccc4c(c3)C(C)(C)c3cc5ccccc5cc3-4)cccc12. The third-order valence-corrected chi connectivity index (χ3v) is 18.9. The van der Waals surface area contributed by atoms with Gasteiger partial charge in [0.15, 0.2) is 11.2 Å². The van der Waals surface area contributed by atoms with Crippen molar-refractivity contribution in [3.63, 3.8) is 0 Å². The summed E-state index contributed by atoms with van der Waals surface area (Å²) in [5.41, 5.74) is 25.6. The molecule has 0 spiro atoms. The van der Waals surface area contributed by atoms with Crippen LogP contribution in [0.4, 0.5) is 34.1 Å². The molecule has 0 saturated carbocycles. The highest BCUT2D eigenvalue weighted by molar-refractivity contribution is 6.15. The van der Waals surface area contributed by atoms with Crippen LogP contribution in [-0.2, 0) is 10.8 Å². The van der Waals surface area contributed by atoms with Crippen LogP contribution >= 0.6 is 0 Å². The lowest BCUT2D eigenvalue weighted by Gasteiger charge is -2.28. The quantitative estimate of drug-likeness (QED) is 0.152. The first kappa shape index (κ1) is 49.2. The van der Waals surface area contributed by atoms with Crippen LogP contribution in [0.5, 0.6) is 0 Å². The fourth-order valence-corrected chi connectivity index (χ4v) is 14.6. The normalized spacial score (nSPS) is 13.7. The Hall–Kier alpha value is -10.4. The van der Waals surface area contributed by atoms with Crippen molar-refractivity contribution in [3.8, 4) is 44.5 Å². The molecule has 17 rings (SSSR count). The lowest BCUT2D eigenvalue weighted by Crippen LogP contribution is -2.16. The Morgan fingerprint density at radius 1 is 0.271 bits per heavy atom. The van der Waals surface area contributed by atoms with Gasteiger partial charge >= 0.3 is 0 Å². The van der Waals surface area contributed by atoms with Gasteiger partial charge in [0.2, 0.25) is 0 Å². The second kappa shape index (κ2) is 18.3. The van der Waals surface area contributed by atoms with E-state index in [1.807, 2.05) is 0 Å². The van der Waals surface area contributed by atoms with Gasteiger partial charge in [-0.3, -0.25) is 0 Å². The smallest absolute Gasteiger partial charge is 0.159 e. The van der Waals surface area contributed by atoms with E-state index in [1.165, 1.54) is 71.6 Å². The van der Waals surface area contributed by atoms with Gasteiger partial charge in [0, 0.05) is 60.7 Å². The molecule has 0 aliphatic heterocycles. The minimum atomic E-state index is -0.282. The predicted molar refractivity (Wildman–Crippen MR) is 356 cm³/mol. The van der Waals surface area contributed by atoms with Crippen LogP contribution in [0, 0.1) is 6.92 Å². The van der Waals surface area contributed by atoms with Gasteiger partial charge in [-0.1, -0.05) is 185 Å². The zero-order valence-electron chi connectivity index (χ0n) is 48.0. The molecule has 2 aromatic heterocycles. The highest BCUT2D eigenvalue weighted by Crippen LogP contribution is 2.55. The van der Waals surface area contributed by atoms with Gasteiger partial charge in [0.1, 0.15) is 11.2 Å². The van der Waals surface area contributed by atoms with Crippen LogP contribution in [0.25, 0.3) is 110 Å². The van der Waals surface area contributed by atoms with E-state index in [9.17, 15) is 0 Å². The fraction of sp³-hybridized carbons (Fsp3) is 0.0864. The number of fused-ring (bicyclic) bond motifs is 14. The first-order chi connectivity index (χ1) is 41.5. The zero-order chi connectivity index (χ0) is 56.9. The number of rotatable bonds is 8. The molecule has 0 N–H and O–H groups in total. The zero-order valence-corrected chi connectivity index (χ0v) is 48.0. The summed E-state index contributed by atoms with van der Waals surface area (Å²) in [5.74, 6) is 0. The van der Waals surface area contributed by atoms with Gasteiger partial charge in [-0.2, -0.15) is 0 Å². The molecule has 2 aliphatic carbocycles. The van der Waals surface area contributed by atoms with Crippen molar-refractivity contribution in [3.05, 3.63) is 289 Å². The number of para-hydroxylation sites is 5. The van der Waals surface area contributed by atoms with Crippen LogP contribution < -0.4 is 9.80 Å². The van der Waals surface area contributed by atoms with Gasteiger partial charge < -0.3 is 18.6 Å². The number of furan rings is 2. The molecular formula is C81H58N2O2. The van der Waals surface area contributed by atoms with Crippen molar-refractivity contribution in [2.45, 2.75) is 45.4 Å². The third-order valence-electron chi connectivity index (χ3n) is 18.9. The summed E-state index contributed by atoms with van der Waals surface area (Å²) in [5, 5.41) is 9.38. The molecule has 0 unspecified atom stereocenters. The molecule has 0 saturated heterocycles. The van der Waals surface area contributed by atoms with Crippen LogP contribution in [0.2, 0.25) is 0 Å². The van der Waals surface area contributed by atoms with Crippen LogP contribution in [0.1, 0.15) is 55.5 Å². The molecule has 404 valence electrons. The maximum absolute atomic E-state index is 7.11. The molecule has 4 heteroatoms. The number of benzene rings is 13. The standard InChI is InChI=1S/C81H58N2O2/c1-49-40-55(44-69-66-31-19-33-75(79(66)84-76(49)69)83(58-26-13-8-14-27-58)60-36-38-62-67-42-51-22-15-16-23-52(51)45-70(67)80(2,3)72(62)47-60)53-34-35-54-43-68-63-39-37-59(48-73(63)81(4,5)71(68)46-56(54)41-53)82(57-24-11-7-12-25-57)74-32-18-30-65-64-29-17-28-61(77(64)85-78(65)74)50-20-9-6-10-21-50/h6-48H,1-5H3. The first-order valence-electron chi connectivity index (χ1n) is 29.6. The van der Waals surface area contributed by atoms with Crippen molar-refractivity contribution in [1.82, 2.24) is 0 Å². The summed E-state index contributed by atoms with van der Waals surface area (Å²) >= 11 is 0. The minimum Gasteiger partial charge on any atom is -0.454 e. The van der Waals surface area contributed by atoms with Gasteiger partial charge in [0.25, 0.3) is 0 Å². The molecule has 0 amide bonds. The molecule has 85 heavy (non-hydrogen) atoms. The Bertz CT molecular complexity index is 5260. The van der Waals surface area contributed by atoms with Gasteiger partial charge in [-0.25, -0.2) is 0 Å². The molecule has 0 fully saturated rings. The summed E-state index contributed by atoms with van der Waals surface area (Å²) in [6.07, 6.45) is 0. The number of aryl methyl sites for hydroxylation is 1. The Morgan fingerprint density at radius 2 is 0.741 bits per heavy atom. The maximum atomic E-state index is 7.11. The lowest BCUT2D eigenvalue weighted by atomic mass is 9.81. The van der Waals surface area contributed by atoms with Crippen LogP contribution in [0.15, 0.2) is 270 Å². The molecule has 0 atom stereocenters. The molecule has 2 aliphatic rings. The van der Waals surface area contributed by atoms with Crippen molar-refractivity contribution in [2.75, 3.05) is 9.80 Å². The van der Waals surface area contributed by atoms with E-state index in [-0.39, 0.29) is 10.8 Å². The van der Waals surface area contributed by atoms with E-state index in [4.69, 9.17) is 8.83 Å². The highest BCUT2D eigenvalue weighted by Gasteiger charge is 2.38. The van der Waals surface area contributed by atoms with Gasteiger partial charge in [-0.05, 0) is 198 Å². The topological polar surface area (TPSA) is 32.8 Å². The summed E-state index contributed by atoms with van der Waals surface area (Å²) < 4.78 is 14.1. The van der Waals surface area contributed by atoms with Gasteiger partial charge in [-0.15, -0.1) is 0 Å². The van der Waals surface area contributed by atoms with Crippen molar-refractivity contribution >= 4 is 99.5 Å². The molecular weight excluding hydrogens is 1030 g/mol. The highest BCUT2D eigenvalue weighted by atomic mass is 16.3. The summed E-state index contributed by atoms with van der Waals surface area (Å²) in [6.45, 7) is 11.7. The second-order valence-corrected chi connectivity index (χ2v) is 24.5. The average molecular weight is 1090 g/mol. The number of anilines is 6. The Balaban J connectivity index is 0.737. The summed E-state index contributed by atoms with van der Waals surface area (Å²) in [4.78, 5) is 4.74. The maximum Gasteiger partial charge on any atom is 0.159 e. The Morgan fingerprint density at radius 3 is 1.33 bits per heavy atom. The molecule has 2 heterocycles. The monoisotopic (exact) mass is 1090 g/mol. The third kappa shape index (κ3) is 7.41. The number of hydrogen-bond acceptors (Lipinski definition) is 4. The lowest BCUT2D eigenvalue weighted by molar-refractivity contribution is 0.661. The van der Waals surface area contributed by atoms with Crippen molar-refractivity contribution in [2.24, 2.45) is 0 Å². The molecule has 0 bridgehead atoms. The van der Waals surface area contributed by atoms with E-state index in [2.05, 4.69) is 305 Å². The molecule has 13 aromatic carbocycles. The number of nitrogens with zero attached hydrogens (tertiary/aromatic N) is 2. The molecule has 4 nitrogen and oxygen atoms in total. The van der Waals surface area contributed by atoms with E-state index in [1.54, 1.807) is 0 Å². The molecule has 0 radical (unpaired) electrons. The predicted octanol–water partition coefficient (Wildman–Crippen LogP) is 23.0. The summed E-state index contributed by atoms with van der Waals surface area (Å²) in [6, 6.07) is 95.6. The Labute approximate surface area is 494 Å². The summed E-state index contributed by atoms with van der Waals surface area (Å²) in [7, 11) is 0. The van der Waals surface area contributed by atoms with Crippen LogP contribution in [0.3, 0.4) is 0 Å². The fourth-order valence-electron chi connectivity index (χ4n) is 14.6. The second-order valence-electron chi connectivity index (χ2n) is 24.5. The average Bonchev–Trinajstić information content (AvgIpc) is 1.83.